The van der Waals surface area contributed by atoms with E-state index in [-0.39, 0.29) is 12.5 Å². The van der Waals surface area contributed by atoms with Crippen molar-refractivity contribution in [2.75, 3.05) is 6.61 Å². The molecule has 1 amide bonds. The average molecular weight is 467 g/mol. The van der Waals surface area contributed by atoms with E-state index in [1.54, 1.807) is 6.21 Å². The molecule has 1 N–H and O–H groups in total. The molecule has 0 radical (unpaired) electrons. The quantitative estimate of drug-likeness (QED) is 0.351. The Labute approximate surface area is 184 Å². The molecule has 0 aliphatic rings. The van der Waals surface area contributed by atoms with E-state index < -0.39 is 0 Å². The van der Waals surface area contributed by atoms with Crippen LogP contribution in [0.3, 0.4) is 0 Å². The van der Waals surface area contributed by atoms with Gasteiger partial charge in [-0.15, -0.1) is 0 Å². The summed E-state index contributed by atoms with van der Waals surface area (Å²) in [4.78, 5) is 12.0. The molecular weight excluding hydrogens is 444 g/mol. The van der Waals surface area contributed by atoms with Gasteiger partial charge in [0.15, 0.2) is 6.61 Å². The lowest BCUT2D eigenvalue weighted by molar-refractivity contribution is -0.123. The number of hydrogen-bond acceptors (Lipinski definition) is 4. The van der Waals surface area contributed by atoms with Crippen LogP contribution in [0.15, 0.2) is 82.4 Å². The highest BCUT2D eigenvalue weighted by Crippen LogP contribution is 2.23. The van der Waals surface area contributed by atoms with Crippen LogP contribution < -0.4 is 14.9 Å². The van der Waals surface area contributed by atoms with Gasteiger partial charge in [-0.2, -0.15) is 5.10 Å². The van der Waals surface area contributed by atoms with Crippen LogP contribution in [0.2, 0.25) is 0 Å². The largest absolute Gasteiger partial charge is 0.489 e. The molecule has 0 bridgehead atoms. The first kappa shape index (κ1) is 21.6. The first-order chi connectivity index (χ1) is 14.6. The van der Waals surface area contributed by atoms with E-state index in [4.69, 9.17) is 9.47 Å². The van der Waals surface area contributed by atoms with Crippen LogP contribution in [-0.4, -0.2) is 18.7 Å². The van der Waals surface area contributed by atoms with Gasteiger partial charge in [-0.25, -0.2) is 5.43 Å². The molecule has 0 saturated heterocycles. The van der Waals surface area contributed by atoms with Crippen molar-refractivity contribution < 1.29 is 14.3 Å². The first-order valence-corrected chi connectivity index (χ1v) is 10.4. The molecule has 0 atom stereocenters. The monoisotopic (exact) mass is 466 g/mol. The Kier molecular flexibility index (Phi) is 8.03. The van der Waals surface area contributed by atoms with Crippen molar-refractivity contribution in [3.63, 3.8) is 0 Å². The van der Waals surface area contributed by atoms with Crippen molar-refractivity contribution in [1.82, 2.24) is 5.43 Å². The Morgan fingerprint density at radius 3 is 2.53 bits per heavy atom. The molecule has 0 unspecified atom stereocenters. The fourth-order valence-corrected chi connectivity index (χ4v) is 3.12. The molecule has 0 aliphatic heterocycles. The van der Waals surface area contributed by atoms with E-state index in [0.29, 0.717) is 12.4 Å². The summed E-state index contributed by atoms with van der Waals surface area (Å²) >= 11 is 3.44. The summed E-state index contributed by atoms with van der Waals surface area (Å²) in [6, 6.07) is 23.2. The molecule has 6 heteroatoms. The Balaban J connectivity index is 1.44. The zero-order valence-electron chi connectivity index (χ0n) is 16.7. The van der Waals surface area contributed by atoms with Crippen LogP contribution in [0.4, 0.5) is 0 Å². The second kappa shape index (κ2) is 11.2. The summed E-state index contributed by atoms with van der Waals surface area (Å²) in [7, 11) is 0. The van der Waals surface area contributed by atoms with Crippen LogP contribution in [0.1, 0.15) is 23.6 Å². The van der Waals surface area contributed by atoms with E-state index in [0.717, 1.165) is 33.3 Å². The smallest absolute Gasteiger partial charge is 0.277 e. The summed E-state index contributed by atoms with van der Waals surface area (Å²) < 4.78 is 12.3. The number of nitrogens with one attached hydrogen (secondary N) is 1. The minimum atomic E-state index is -0.320. The highest BCUT2D eigenvalue weighted by atomic mass is 79.9. The predicted molar refractivity (Wildman–Crippen MR) is 122 cm³/mol. The summed E-state index contributed by atoms with van der Waals surface area (Å²) in [5.41, 5.74) is 5.48. The van der Waals surface area contributed by atoms with Gasteiger partial charge in [-0.1, -0.05) is 53.2 Å². The molecule has 3 aromatic rings. The molecule has 0 aliphatic carbocycles. The van der Waals surface area contributed by atoms with E-state index in [1.807, 2.05) is 79.7 Å². The van der Waals surface area contributed by atoms with Crippen LogP contribution in [0.25, 0.3) is 0 Å². The molecule has 0 heterocycles. The van der Waals surface area contributed by atoms with Gasteiger partial charge in [-0.3, -0.25) is 4.79 Å². The van der Waals surface area contributed by atoms with Gasteiger partial charge in [0.2, 0.25) is 0 Å². The number of aryl methyl sites for hydroxylation is 1. The normalized spacial score (nSPS) is 10.7. The highest BCUT2D eigenvalue weighted by Gasteiger charge is 2.06. The summed E-state index contributed by atoms with van der Waals surface area (Å²) in [5.74, 6) is 1.15. The molecule has 3 aromatic carbocycles. The second-order valence-corrected chi connectivity index (χ2v) is 7.45. The fraction of sp³-hybridized carbons (Fsp3) is 0.167. The van der Waals surface area contributed by atoms with E-state index >= 15 is 0 Å². The van der Waals surface area contributed by atoms with Crippen LogP contribution in [-0.2, 0) is 17.8 Å². The standard InChI is InChI=1S/C24H23BrN2O3/c1-2-20-14-21(25)10-13-23(20)30-17-24(28)27-26-15-18-8-11-22(12-9-18)29-16-19-6-4-3-5-7-19/h3-15H,2,16-17H2,1H3,(H,27,28)/b26-15+. The number of carbonyl (C=O) groups is 1. The van der Waals surface area contributed by atoms with Gasteiger partial charge in [0.05, 0.1) is 6.21 Å². The van der Waals surface area contributed by atoms with Gasteiger partial charge < -0.3 is 9.47 Å². The number of hydrazone groups is 1. The van der Waals surface area contributed by atoms with Gasteiger partial charge in [0, 0.05) is 4.47 Å². The Morgan fingerprint density at radius 1 is 1.03 bits per heavy atom. The third-order valence-electron chi connectivity index (χ3n) is 4.29. The lowest BCUT2D eigenvalue weighted by atomic mass is 10.1. The van der Waals surface area contributed by atoms with Gasteiger partial charge in [0.1, 0.15) is 18.1 Å². The molecule has 3 rings (SSSR count). The highest BCUT2D eigenvalue weighted by molar-refractivity contribution is 9.10. The van der Waals surface area contributed by atoms with Crippen LogP contribution in [0.5, 0.6) is 11.5 Å². The fourth-order valence-electron chi connectivity index (χ4n) is 2.71. The van der Waals surface area contributed by atoms with Gasteiger partial charge in [0.25, 0.3) is 5.91 Å². The summed E-state index contributed by atoms with van der Waals surface area (Å²) in [6.45, 7) is 2.46. The van der Waals surface area contributed by atoms with Gasteiger partial charge in [-0.05, 0) is 65.6 Å². The molecule has 0 spiro atoms. The molecule has 30 heavy (non-hydrogen) atoms. The SMILES string of the molecule is CCc1cc(Br)ccc1OCC(=O)N/N=C/c1ccc(OCc2ccccc2)cc1. The summed E-state index contributed by atoms with van der Waals surface area (Å²) in [5, 5.41) is 3.98. The van der Waals surface area contributed by atoms with E-state index in [9.17, 15) is 4.79 Å². The van der Waals surface area contributed by atoms with Crippen molar-refractivity contribution in [2.45, 2.75) is 20.0 Å². The van der Waals surface area contributed by atoms with Crippen LogP contribution >= 0.6 is 15.9 Å². The molecule has 154 valence electrons. The minimum absolute atomic E-state index is 0.0990. The molecule has 0 fully saturated rings. The number of benzene rings is 3. The Bertz CT molecular complexity index is 989. The number of ether oxygens (including phenoxy) is 2. The summed E-state index contributed by atoms with van der Waals surface area (Å²) in [6.07, 6.45) is 2.40. The van der Waals surface area contributed by atoms with E-state index in [2.05, 4.69) is 26.5 Å². The topological polar surface area (TPSA) is 59.9 Å². The Morgan fingerprint density at radius 2 is 1.80 bits per heavy atom. The second-order valence-electron chi connectivity index (χ2n) is 6.53. The maximum Gasteiger partial charge on any atom is 0.277 e. The van der Waals surface area contributed by atoms with Gasteiger partial charge >= 0.3 is 0 Å². The first-order valence-electron chi connectivity index (χ1n) is 9.64. The number of carbonyl (C=O) groups excluding carboxylic acids is 1. The number of rotatable bonds is 9. The van der Waals surface area contributed by atoms with E-state index in [1.165, 1.54) is 0 Å². The van der Waals surface area contributed by atoms with Crippen molar-refractivity contribution in [3.05, 3.63) is 94.0 Å². The zero-order chi connectivity index (χ0) is 21.2. The third-order valence-corrected chi connectivity index (χ3v) is 4.79. The van der Waals surface area contributed by atoms with Crippen molar-refractivity contribution in [3.8, 4) is 11.5 Å². The molecular formula is C24H23BrN2O3. The maximum absolute atomic E-state index is 12.0. The van der Waals surface area contributed by atoms with Crippen LogP contribution in [0, 0.1) is 0 Å². The third kappa shape index (κ3) is 6.74. The molecule has 0 aromatic heterocycles. The number of amides is 1. The minimum Gasteiger partial charge on any atom is -0.489 e. The predicted octanol–water partition coefficient (Wildman–Crippen LogP) is 5.12. The van der Waals surface area contributed by atoms with Crippen molar-refractivity contribution >= 4 is 28.1 Å². The lowest BCUT2D eigenvalue weighted by Gasteiger charge is -2.10. The number of halogens is 1. The van der Waals surface area contributed by atoms with Crippen molar-refractivity contribution in [2.24, 2.45) is 5.10 Å². The number of nitrogens with zero attached hydrogens (tertiary/aromatic N) is 1. The zero-order valence-corrected chi connectivity index (χ0v) is 18.3. The molecule has 0 saturated carbocycles. The lowest BCUT2D eigenvalue weighted by Crippen LogP contribution is -2.24. The average Bonchev–Trinajstić information content (AvgIpc) is 2.78. The Hall–Kier alpha value is -3.12. The van der Waals surface area contributed by atoms with Crippen molar-refractivity contribution in [1.29, 1.82) is 0 Å². The number of hydrogen-bond donors (Lipinski definition) is 1. The maximum atomic E-state index is 12.0. The molecule has 5 nitrogen and oxygen atoms in total.